The number of halogens is 3. The molecule has 17 heteroatoms. The molecule has 5 heterocycles. The van der Waals surface area contributed by atoms with Gasteiger partial charge in [0, 0.05) is 73.3 Å². The highest BCUT2D eigenvalue weighted by atomic mass is 35.5. The predicted octanol–water partition coefficient (Wildman–Crippen LogP) is 8.79. The van der Waals surface area contributed by atoms with Gasteiger partial charge in [0.15, 0.2) is 29.3 Å². The molecule has 1 atom stereocenters. The van der Waals surface area contributed by atoms with Crippen LogP contribution in [0.3, 0.4) is 0 Å². The van der Waals surface area contributed by atoms with Gasteiger partial charge in [0.2, 0.25) is 11.7 Å². The Morgan fingerprint density at radius 3 is 2.35 bits per heavy atom. The van der Waals surface area contributed by atoms with Gasteiger partial charge in [0.25, 0.3) is 0 Å². The number of hydrogen-bond donors (Lipinski definition) is 3. The first-order valence-electron chi connectivity index (χ1n) is 21.4. The molecule has 0 bridgehead atoms. The Morgan fingerprint density at radius 2 is 1.68 bits per heavy atom. The minimum atomic E-state index is -1.12. The lowest BCUT2D eigenvalue weighted by Crippen LogP contribution is -2.45. The van der Waals surface area contributed by atoms with Crippen LogP contribution in [0.2, 0.25) is 10.0 Å². The van der Waals surface area contributed by atoms with Gasteiger partial charge >= 0.3 is 0 Å². The number of likely N-dealkylation sites (tertiary alicyclic amines) is 2. The standard InChI is InChI=1S/C48H48Cl2FN9O5/c1-5-41(43-37(49)10-11-38(51)44(43)50)65-42-20-31(23-53-45(42)52)32-24-54-59(26-32)33-14-18-58(19-15-33)48(64)30-12-16-57(17-13-30)25-29-6-8-34(9-7-29)60-46(28(4)61)55-56-47(60)36-21-35(27(2)3)39(62)22-40(36)63/h1,6-11,20-24,26-27,30,33,41,62-63H,12-19,25H2,2-4H3,(H2,52,53). The molecule has 2 aliphatic heterocycles. The van der Waals surface area contributed by atoms with E-state index in [4.69, 9.17) is 40.1 Å². The number of aromatic hydroxyl groups is 2. The molecule has 1 amide bonds. The second kappa shape index (κ2) is 18.9. The van der Waals surface area contributed by atoms with Crippen molar-refractivity contribution in [1.29, 1.82) is 0 Å². The molecule has 1 unspecified atom stereocenters. The number of nitrogen functional groups attached to an aromatic ring is 1. The van der Waals surface area contributed by atoms with Crippen LogP contribution in [-0.2, 0) is 11.3 Å². The van der Waals surface area contributed by atoms with E-state index in [1.54, 1.807) is 29.1 Å². The van der Waals surface area contributed by atoms with Gasteiger partial charge in [-0.25, -0.2) is 9.37 Å². The lowest BCUT2D eigenvalue weighted by Gasteiger charge is -2.37. The first-order chi connectivity index (χ1) is 31.2. The number of nitrogens with two attached hydrogens (primary N) is 1. The number of phenols is 2. The molecule has 8 rings (SSSR count). The van der Waals surface area contributed by atoms with Crippen molar-refractivity contribution in [3.63, 3.8) is 0 Å². The Labute approximate surface area is 385 Å². The smallest absolute Gasteiger partial charge is 0.225 e. The molecule has 14 nitrogen and oxygen atoms in total. The van der Waals surface area contributed by atoms with Crippen LogP contribution < -0.4 is 10.5 Å². The highest BCUT2D eigenvalue weighted by Gasteiger charge is 2.32. The van der Waals surface area contributed by atoms with Crippen molar-refractivity contribution < 1.29 is 28.9 Å². The highest BCUT2D eigenvalue weighted by molar-refractivity contribution is 6.36. The van der Waals surface area contributed by atoms with E-state index in [0.717, 1.165) is 56.0 Å². The number of carbonyl (C=O) groups excluding carboxylic acids is 2. The summed E-state index contributed by atoms with van der Waals surface area (Å²) in [7, 11) is 0. The number of carbonyl (C=O) groups is 2. The monoisotopic (exact) mass is 919 g/mol. The fourth-order valence-corrected chi connectivity index (χ4v) is 9.17. The van der Waals surface area contributed by atoms with E-state index in [1.807, 2.05) is 53.9 Å². The molecule has 3 aromatic heterocycles. The topological polar surface area (TPSA) is 178 Å². The van der Waals surface area contributed by atoms with Crippen LogP contribution in [0, 0.1) is 24.1 Å². The third-order valence-electron chi connectivity index (χ3n) is 12.2. The number of ketones is 1. The summed E-state index contributed by atoms with van der Waals surface area (Å²) in [5, 5.41) is 34.2. The van der Waals surface area contributed by atoms with Crippen molar-refractivity contribution >= 4 is 40.7 Å². The Balaban J connectivity index is 0.846. The molecule has 0 radical (unpaired) electrons. The van der Waals surface area contributed by atoms with E-state index in [1.165, 1.54) is 19.1 Å². The number of nitrogens with zero attached hydrogens (tertiary/aromatic N) is 8. The van der Waals surface area contributed by atoms with Gasteiger partial charge in [0.05, 0.1) is 27.8 Å². The van der Waals surface area contributed by atoms with Crippen LogP contribution in [-0.4, -0.2) is 87.4 Å². The number of rotatable bonds is 12. The van der Waals surface area contributed by atoms with Crippen molar-refractivity contribution in [2.45, 2.75) is 71.1 Å². The van der Waals surface area contributed by atoms with Gasteiger partial charge in [-0.2, -0.15) is 5.10 Å². The van der Waals surface area contributed by atoms with Crippen LogP contribution in [0.25, 0.3) is 28.2 Å². The Kier molecular flexibility index (Phi) is 13.1. The van der Waals surface area contributed by atoms with Gasteiger partial charge in [-0.05, 0) is 92.2 Å². The summed E-state index contributed by atoms with van der Waals surface area (Å²) < 4.78 is 23.8. The molecule has 2 fully saturated rings. The Morgan fingerprint density at radius 1 is 0.954 bits per heavy atom. The van der Waals surface area contributed by atoms with Gasteiger partial charge in [0.1, 0.15) is 17.3 Å². The molecule has 0 aliphatic carbocycles. The van der Waals surface area contributed by atoms with Crippen molar-refractivity contribution in [3.05, 3.63) is 112 Å². The van der Waals surface area contributed by atoms with Crippen molar-refractivity contribution in [2.24, 2.45) is 5.92 Å². The third-order valence-corrected chi connectivity index (χ3v) is 12.9. The number of amides is 1. The summed E-state index contributed by atoms with van der Waals surface area (Å²) in [6.07, 6.45) is 13.0. The van der Waals surface area contributed by atoms with E-state index < -0.39 is 11.9 Å². The first-order valence-corrected chi connectivity index (χ1v) is 22.2. The number of phenolic OH excluding ortho intramolecular Hbond substituents is 2. The molecule has 2 aliphatic rings. The largest absolute Gasteiger partial charge is 0.508 e. The molecule has 6 aromatic rings. The zero-order valence-electron chi connectivity index (χ0n) is 36.1. The van der Waals surface area contributed by atoms with Crippen LogP contribution in [0.4, 0.5) is 10.2 Å². The second-order valence-electron chi connectivity index (χ2n) is 16.8. The normalized spacial score (nSPS) is 15.6. The number of pyridine rings is 1. The first kappa shape index (κ1) is 45.1. The minimum Gasteiger partial charge on any atom is -0.508 e. The van der Waals surface area contributed by atoms with E-state index in [-0.39, 0.29) is 74.1 Å². The van der Waals surface area contributed by atoms with Crippen LogP contribution in [0.5, 0.6) is 17.2 Å². The van der Waals surface area contributed by atoms with Crippen LogP contribution >= 0.6 is 23.2 Å². The number of terminal acetylenes is 1. The average molecular weight is 921 g/mol. The van der Waals surface area contributed by atoms with Crippen molar-refractivity contribution in [1.82, 2.24) is 39.3 Å². The van der Waals surface area contributed by atoms with Gasteiger partial charge in [-0.15, -0.1) is 16.6 Å². The second-order valence-corrected chi connectivity index (χ2v) is 17.6. The lowest BCUT2D eigenvalue weighted by atomic mass is 9.93. The zero-order chi connectivity index (χ0) is 46.1. The number of ether oxygens (including phenoxy) is 1. The lowest BCUT2D eigenvalue weighted by molar-refractivity contribution is -0.138. The number of hydrogen-bond acceptors (Lipinski definition) is 11. The summed E-state index contributed by atoms with van der Waals surface area (Å²) in [5.74, 6) is 2.15. The van der Waals surface area contributed by atoms with Crippen LogP contribution in [0.15, 0.2) is 73.2 Å². The molecule has 65 heavy (non-hydrogen) atoms. The summed E-state index contributed by atoms with van der Waals surface area (Å²) in [5.41, 5.74) is 10.5. The van der Waals surface area contributed by atoms with Crippen molar-refractivity contribution in [2.75, 3.05) is 31.9 Å². The minimum absolute atomic E-state index is 0.0157. The molecule has 0 saturated carbocycles. The van der Waals surface area contributed by atoms with Gasteiger partial charge < -0.3 is 25.6 Å². The number of anilines is 1. The molecule has 4 N–H and O–H groups in total. The predicted molar refractivity (Wildman–Crippen MR) is 246 cm³/mol. The van der Waals surface area contributed by atoms with E-state index >= 15 is 0 Å². The number of Topliss-reactive ketones (excluding diaryl/α,β-unsaturated/α-hetero) is 1. The maximum atomic E-state index is 14.3. The molecular formula is C48H48Cl2FN9O5. The number of benzene rings is 3. The fourth-order valence-electron chi connectivity index (χ4n) is 8.60. The summed E-state index contributed by atoms with van der Waals surface area (Å²) in [6, 6.07) is 15.1. The fraction of sp³-hybridized carbons (Fsp3) is 0.333. The third kappa shape index (κ3) is 9.38. The van der Waals surface area contributed by atoms with Gasteiger partial charge in [-0.3, -0.25) is 23.7 Å². The zero-order valence-corrected chi connectivity index (χ0v) is 37.6. The van der Waals surface area contributed by atoms with E-state index in [0.29, 0.717) is 47.8 Å². The van der Waals surface area contributed by atoms with Crippen molar-refractivity contribution in [3.8, 4) is 57.8 Å². The Bertz CT molecular complexity index is 2790. The van der Waals surface area contributed by atoms with E-state index in [9.17, 15) is 24.2 Å². The number of piperidine rings is 2. The molecule has 0 spiro atoms. The van der Waals surface area contributed by atoms with Crippen LogP contribution in [0.1, 0.15) is 91.8 Å². The number of aromatic nitrogens is 6. The molecular weight excluding hydrogens is 872 g/mol. The summed E-state index contributed by atoms with van der Waals surface area (Å²) >= 11 is 12.5. The maximum Gasteiger partial charge on any atom is 0.225 e. The summed E-state index contributed by atoms with van der Waals surface area (Å²) in [4.78, 5) is 35.0. The highest BCUT2D eigenvalue weighted by Crippen LogP contribution is 2.40. The SMILES string of the molecule is C#CC(Oc1cc(-c2cnn(C3CCN(C(=O)C4CCN(Cc5ccc(-n6c(C(C)=O)nnc6-c6cc(C(C)C)c(O)cc6O)cc5)CC4)CC3)c2)cnc1N)c1c(Cl)ccc(F)c1Cl. The quantitative estimate of drug-likeness (QED) is 0.0607. The molecule has 336 valence electrons. The van der Waals surface area contributed by atoms with E-state index in [2.05, 4.69) is 31.1 Å². The Hall–Kier alpha value is -6.47. The molecule has 2 saturated heterocycles. The average Bonchev–Trinajstić information content (AvgIpc) is 3.98. The van der Waals surface area contributed by atoms with Gasteiger partial charge in [-0.1, -0.05) is 55.1 Å². The summed E-state index contributed by atoms with van der Waals surface area (Å²) in [6.45, 7) is 8.84. The molecule has 3 aromatic carbocycles. The maximum absolute atomic E-state index is 14.3.